The maximum Gasteiger partial charge on any atom is 0.119 e. The highest BCUT2D eigenvalue weighted by molar-refractivity contribution is 5.30. The SMILES string of the molecule is CCCN1CCC(CN)C1c1ccc(OC(C)C)cc1. The van der Waals surface area contributed by atoms with Gasteiger partial charge in [0.25, 0.3) is 0 Å². The van der Waals surface area contributed by atoms with Gasteiger partial charge in [0.1, 0.15) is 5.75 Å². The lowest BCUT2D eigenvalue weighted by molar-refractivity contribution is 0.229. The minimum atomic E-state index is 0.223. The van der Waals surface area contributed by atoms with Crippen LogP contribution in [0.15, 0.2) is 24.3 Å². The molecule has 1 aromatic rings. The van der Waals surface area contributed by atoms with Crippen LogP contribution in [0.2, 0.25) is 0 Å². The maximum atomic E-state index is 5.96. The number of ether oxygens (including phenoxy) is 1. The summed E-state index contributed by atoms with van der Waals surface area (Å²) in [4.78, 5) is 2.58. The lowest BCUT2D eigenvalue weighted by Gasteiger charge is -2.28. The molecule has 1 fully saturated rings. The molecule has 0 radical (unpaired) electrons. The van der Waals surface area contributed by atoms with Gasteiger partial charge in [-0.3, -0.25) is 4.90 Å². The quantitative estimate of drug-likeness (QED) is 0.867. The Balaban J connectivity index is 2.14. The van der Waals surface area contributed by atoms with Crippen molar-refractivity contribution < 1.29 is 4.74 Å². The van der Waals surface area contributed by atoms with E-state index >= 15 is 0 Å². The lowest BCUT2D eigenvalue weighted by atomic mass is 9.93. The van der Waals surface area contributed by atoms with E-state index in [0.717, 1.165) is 18.8 Å². The average molecular weight is 276 g/mol. The van der Waals surface area contributed by atoms with Crippen LogP contribution in [-0.4, -0.2) is 30.6 Å². The summed E-state index contributed by atoms with van der Waals surface area (Å²) in [6.45, 7) is 9.45. The van der Waals surface area contributed by atoms with Crippen LogP contribution in [0, 0.1) is 5.92 Å². The fraction of sp³-hybridized carbons (Fsp3) is 0.647. The minimum absolute atomic E-state index is 0.223. The minimum Gasteiger partial charge on any atom is -0.491 e. The number of hydrogen-bond acceptors (Lipinski definition) is 3. The van der Waals surface area contributed by atoms with Crippen molar-refractivity contribution in [2.75, 3.05) is 19.6 Å². The summed E-state index contributed by atoms with van der Waals surface area (Å²) >= 11 is 0. The summed E-state index contributed by atoms with van der Waals surface area (Å²) in [7, 11) is 0. The third-order valence-electron chi connectivity index (χ3n) is 4.03. The number of rotatable bonds is 6. The molecule has 2 rings (SSSR count). The first-order valence-corrected chi connectivity index (χ1v) is 7.86. The van der Waals surface area contributed by atoms with E-state index < -0.39 is 0 Å². The molecule has 0 bridgehead atoms. The topological polar surface area (TPSA) is 38.5 Å². The molecule has 3 nitrogen and oxygen atoms in total. The van der Waals surface area contributed by atoms with Gasteiger partial charge in [-0.2, -0.15) is 0 Å². The van der Waals surface area contributed by atoms with E-state index in [-0.39, 0.29) is 6.10 Å². The maximum absolute atomic E-state index is 5.96. The van der Waals surface area contributed by atoms with Gasteiger partial charge in [0.15, 0.2) is 0 Å². The molecule has 0 spiro atoms. The molecule has 1 heterocycles. The van der Waals surface area contributed by atoms with Gasteiger partial charge in [-0.25, -0.2) is 0 Å². The van der Waals surface area contributed by atoms with Crippen LogP contribution in [0.25, 0.3) is 0 Å². The molecule has 0 aliphatic carbocycles. The molecule has 2 N–H and O–H groups in total. The molecule has 1 aliphatic rings. The average Bonchev–Trinajstić information content (AvgIpc) is 2.82. The summed E-state index contributed by atoms with van der Waals surface area (Å²) in [6.07, 6.45) is 2.63. The predicted octanol–water partition coefficient (Wildman–Crippen LogP) is 3.21. The van der Waals surface area contributed by atoms with Gasteiger partial charge in [0.2, 0.25) is 0 Å². The number of hydrogen-bond donors (Lipinski definition) is 1. The molecule has 3 heteroatoms. The molecular weight excluding hydrogens is 248 g/mol. The molecule has 0 saturated carbocycles. The van der Waals surface area contributed by atoms with Crippen LogP contribution in [-0.2, 0) is 0 Å². The van der Waals surface area contributed by atoms with E-state index in [1.165, 1.54) is 24.9 Å². The fourth-order valence-corrected chi connectivity index (χ4v) is 3.21. The van der Waals surface area contributed by atoms with E-state index in [1.807, 2.05) is 0 Å². The van der Waals surface area contributed by atoms with E-state index in [1.54, 1.807) is 0 Å². The van der Waals surface area contributed by atoms with Gasteiger partial charge in [0.05, 0.1) is 6.10 Å². The first-order chi connectivity index (χ1) is 9.65. The van der Waals surface area contributed by atoms with E-state index in [4.69, 9.17) is 10.5 Å². The number of likely N-dealkylation sites (tertiary alicyclic amines) is 1. The Kier molecular flexibility index (Phi) is 5.44. The van der Waals surface area contributed by atoms with Crippen molar-refractivity contribution in [1.29, 1.82) is 0 Å². The van der Waals surface area contributed by atoms with Gasteiger partial charge in [-0.1, -0.05) is 19.1 Å². The highest BCUT2D eigenvalue weighted by atomic mass is 16.5. The van der Waals surface area contributed by atoms with Gasteiger partial charge in [0, 0.05) is 6.04 Å². The Morgan fingerprint density at radius 2 is 2.00 bits per heavy atom. The Morgan fingerprint density at radius 1 is 1.30 bits per heavy atom. The van der Waals surface area contributed by atoms with Gasteiger partial charge < -0.3 is 10.5 Å². The molecule has 0 amide bonds. The summed E-state index contributed by atoms with van der Waals surface area (Å²) in [6, 6.07) is 9.07. The molecule has 20 heavy (non-hydrogen) atoms. The third kappa shape index (κ3) is 3.53. The van der Waals surface area contributed by atoms with Crippen molar-refractivity contribution in [2.45, 2.75) is 45.8 Å². The zero-order valence-corrected chi connectivity index (χ0v) is 13.0. The first kappa shape index (κ1) is 15.3. The van der Waals surface area contributed by atoms with E-state index in [9.17, 15) is 0 Å². The molecular formula is C17H28N2O. The molecule has 0 aromatic heterocycles. The second kappa shape index (κ2) is 7.09. The largest absolute Gasteiger partial charge is 0.491 e. The number of benzene rings is 1. The molecule has 1 aliphatic heterocycles. The zero-order chi connectivity index (χ0) is 14.5. The van der Waals surface area contributed by atoms with Gasteiger partial charge >= 0.3 is 0 Å². The van der Waals surface area contributed by atoms with Crippen molar-refractivity contribution in [3.63, 3.8) is 0 Å². The molecule has 2 atom stereocenters. The Labute approximate surface area is 123 Å². The van der Waals surface area contributed by atoms with E-state index in [2.05, 4.69) is 49.9 Å². The van der Waals surface area contributed by atoms with Crippen molar-refractivity contribution in [3.05, 3.63) is 29.8 Å². The van der Waals surface area contributed by atoms with Crippen LogP contribution in [0.4, 0.5) is 0 Å². The van der Waals surface area contributed by atoms with Crippen LogP contribution in [0.1, 0.15) is 45.2 Å². The number of nitrogens with zero attached hydrogens (tertiary/aromatic N) is 1. The molecule has 1 saturated heterocycles. The summed E-state index contributed by atoms with van der Waals surface area (Å²) in [5, 5.41) is 0. The summed E-state index contributed by atoms with van der Waals surface area (Å²) < 4.78 is 5.72. The van der Waals surface area contributed by atoms with Crippen molar-refractivity contribution >= 4 is 0 Å². The Hall–Kier alpha value is -1.06. The van der Waals surface area contributed by atoms with Crippen LogP contribution < -0.4 is 10.5 Å². The smallest absolute Gasteiger partial charge is 0.119 e. The van der Waals surface area contributed by atoms with Gasteiger partial charge in [-0.05, 0) is 69.9 Å². The molecule has 1 aromatic carbocycles. The molecule has 2 unspecified atom stereocenters. The van der Waals surface area contributed by atoms with Crippen molar-refractivity contribution in [3.8, 4) is 5.75 Å². The second-order valence-corrected chi connectivity index (χ2v) is 6.00. The molecule has 112 valence electrons. The number of nitrogens with two attached hydrogens (primary N) is 1. The zero-order valence-electron chi connectivity index (χ0n) is 13.0. The Bertz CT molecular complexity index is 402. The fourth-order valence-electron chi connectivity index (χ4n) is 3.21. The van der Waals surface area contributed by atoms with Crippen molar-refractivity contribution in [1.82, 2.24) is 4.90 Å². The van der Waals surface area contributed by atoms with Crippen LogP contribution in [0.5, 0.6) is 5.75 Å². The normalized spacial score (nSPS) is 23.4. The predicted molar refractivity (Wildman–Crippen MR) is 84.0 cm³/mol. The monoisotopic (exact) mass is 276 g/mol. The van der Waals surface area contributed by atoms with Crippen LogP contribution in [0.3, 0.4) is 0 Å². The van der Waals surface area contributed by atoms with Crippen molar-refractivity contribution in [2.24, 2.45) is 11.7 Å². The Morgan fingerprint density at radius 3 is 2.55 bits per heavy atom. The van der Waals surface area contributed by atoms with Gasteiger partial charge in [-0.15, -0.1) is 0 Å². The summed E-state index contributed by atoms with van der Waals surface area (Å²) in [5.74, 6) is 1.53. The highest BCUT2D eigenvalue weighted by Gasteiger charge is 2.33. The highest BCUT2D eigenvalue weighted by Crippen LogP contribution is 2.37. The third-order valence-corrected chi connectivity index (χ3v) is 4.03. The first-order valence-electron chi connectivity index (χ1n) is 7.86. The van der Waals surface area contributed by atoms with Crippen LogP contribution >= 0.6 is 0 Å². The second-order valence-electron chi connectivity index (χ2n) is 6.00. The van der Waals surface area contributed by atoms with E-state index in [0.29, 0.717) is 12.0 Å². The lowest BCUT2D eigenvalue weighted by Crippen LogP contribution is -2.28. The standard InChI is InChI=1S/C17H28N2O/c1-4-10-19-11-9-15(12-18)17(19)14-5-7-16(8-6-14)20-13(2)3/h5-8,13,15,17H,4,9-12,18H2,1-3H3. The summed E-state index contributed by atoms with van der Waals surface area (Å²) in [5.41, 5.74) is 7.34.